The first-order valence-electron chi connectivity index (χ1n) is 8.59. The highest BCUT2D eigenvalue weighted by Gasteiger charge is 2.25. The molecule has 1 aliphatic rings. The van der Waals surface area contributed by atoms with Gasteiger partial charge in [-0.25, -0.2) is 0 Å². The number of quaternary nitrogens is 1. The van der Waals surface area contributed by atoms with Gasteiger partial charge in [-0.2, -0.15) is 0 Å². The number of para-hydroxylation sites is 2. The van der Waals surface area contributed by atoms with Gasteiger partial charge >= 0.3 is 0 Å². The number of aliphatic hydroxyl groups is 1. The Morgan fingerprint density at radius 3 is 2.00 bits per heavy atom. The lowest BCUT2D eigenvalue weighted by Crippen LogP contribution is -3.12. The third kappa shape index (κ3) is 4.15. The van der Waals surface area contributed by atoms with Crippen molar-refractivity contribution in [2.75, 3.05) is 31.1 Å². The van der Waals surface area contributed by atoms with E-state index in [4.69, 9.17) is 0 Å². The van der Waals surface area contributed by atoms with Crippen LogP contribution in [0, 0.1) is 0 Å². The lowest BCUT2D eigenvalue weighted by Gasteiger charge is -2.34. The number of nitrogens with zero attached hydrogens (tertiary/aromatic N) is 1. The Kier molecular flexibility index (Phi) is 5.97. The second-order valence-electron chi connectivity index (χ2n) is 6.24. The highest BCUT2D eigenvalue weighted by Crippen LogP contribution is 2.47. The number of fused-ring (bicyclic) bond motifs is 2. The highest BCUT2D eigenvalue weighted by molar-refractivity contribution is 7.99. The van der Waals surface area contributed by atoms with Crippen LogP contribution in [-0.4, -0.2) is 37.4 Å². The van der Waals surface area contributed by atoms with Gasteiger partial charge in [-0.1, -0.05) is 49.2 Å². The summed E-state index contributed by atoms with van der Waals surface area (Å²) in [7, 11) is 0. The molecule has 2 N–H and O–H groups in total. The molecule has 3 nitrogen and oxygen atoms in total. The Morgan fingerprint density at radius 2 is 1.48 bits per heavy atom. The maximum atomic E-state index is 10.7. The Morgan fingerprint density at radius 1 is 0.960 bits per heavy atom. The van der Waals surface area contributed by atoms with Crippen LogP contribution in [0.5, 0.6) is 0 Å². The number of hydrogen-bond donors (Lipinski definition) is 2. The second-order valence-corrected chi connectivity index (χ2v) is 7.33. The van der Waals surface area contributed by atoms with E-state index in [1.165, 1.54) is 26.1 Å². The minimum absolute atomic E-state index is 0.431. The van der Waals surface area contributed by atoms with Crippen LogP contribution in [0.15, 0.2) is 83.6 Å². The summed E-state index contributed by atoms with van der Waals surface area (Å²) in [5.41, 5.74) is 2.33. The molecule has 0 aromatic heterocycles. The minimum atomic E-state index is -0.431. The molecule has 0 bridgehead atoms. The van der Waals surface area contributed by atoms with Crippen molar-refractivity contribution in [2.45, 2.75) is 15.9 Å². The van der Waals surface area contributed by atoms with Crippen molar-refractivity contribution in [2.24, 2.45) is 0 Å². The maximum absolute atomic E-state index is 10.7. The zero-order chi connectivity index (χ0) is 17.6. The smallest absolute Gasteiger partial charge is 0.121 e. The van der Waals surface area contributed by atoms with E-state index in [0.29, 0.717) is 13.1 Å². The Bertz CT molecular complexity index is 691. The monoisotopic (exact) mass is 353 g/mol. The molecular formula is C21H25N2OS+. The summed E-state index contributed by atoms with van der Waals surface area (Å²) in [6.45, 7) is 10.5. The number of anilines is 2. The molecule has 4 heteroatoms. The van der Waals surface area contributed by atoms with Crippen molar-refractivity contribution < 1.29 is 10.0 Å². The molecule has 25 heavy (non-hydrogen) atoms. The van der Waals surface area contributed by atoms with Gasteiger partial charge in [-0.05, 0) is 36.4 Å². The fraction of sp³-hybridized carbons (Fsp3) is 0.238. The average Bonchev–Trinajstić information content (AvgIpc) is 2.62. The molecule has 0 amide bonds. The van der Waals surface area contributed by atoms with Crippen LogP contribution in [0.2, 0.25) is 0 Å². The van der Waals surface area contributed by atoms with Crippen molar-refractivity contribution in [3.63, 3.8) is 0 Å². The SMILES string of the molecule is C=CC[NH+](CC=C)C[C@@H](O)CN1c2ccccc2Sc2ccccc21. The maximum Gasteiger partial charge on any atom is 0.121 e. The highest BCUT2D eigenvalue weighted by atomic mass is 32.2. The molecule has 3 rings (SSSR count). The van der Waals surface area contributed by atoms with Gasteiger partial charge in [-0.15, -0.1) is 0 Å². The summed E-state index contributed by atoms with van der Waals surface area (Å²) in [6, 6.07) is 16.8. The molecule has 0 saturated carbocycles. The summed E-state index contributed by atoms with van der Waals surface area (Å²) in [5, 5.41) is 10.7. The van der Waals surface area contributed by atoms with E-state index in [9.17, 15) is 5.11 Å². The number of β-amino-alcohol motifs (C(OH)–C–C–N with tert-alkyl or cyclic N) is 1. The summed E-state index contributed by atoms with van der Waals surface area (Å²) in [4.78, 5) is 5.97. The molecule has 0 aliphatic carbocycles. The molecule has 0 spiro atoms. The number of hydrogen-bond acceptors (Lipinski definition) is 3. The zero-order valence-corrected chi connectivity index (χ0v) is 15.2. The summed E-state index contributed by atoms with van der Waals surface area (Å²) in [6.07, 6.45) is 3.36. The van der Waals surface area contributed by atoms with Gasteiger partial charge in [0.1, 0.15) is 12.6 Å². The molecule has 130 valence electrons. The summed E-state index contributed by atoms with van der Waals surface area (Å²) in [5.74, 6) is 0. The summed E-state index contributed by atoms with van der Waals surface area (Å²) >= 11 is 1.79. The van der Waals surface area contributed by atoms with Gasteiger partial charge in [-0.3, -0.25) is 0 Å². The molecule has 0 radical (unpaired) electrons. The van der Waals surface area contributed by atoms with E-state index in [1.807, 2.05) is 12.2 Å². The van der Waals surface area contributed by atoms with Gasteiger partial charge in [0, 0.05) is 9.79 Å². The molecule has 1 atom stereocenters. The van der Waals surface area contributed by atoms with E-state index < -0.39 is 6.10 Å². The van der Waals surface area contributed by atoms with Crippen molar-refractivity contribution >= 4 is 23.1 Å². The molecule has 1 aliphatic heterocycles. The van der Waals surface area contributed by atoms with Crippen LogP contribution in [-0.2, 0) is 0 Å². The van der Waals surface area contributed by atoms with E-state index in [1.54, 1.807) is 11.8 Å². The third-order valence-electron chi connectivity index (χ3n) is 4.32. The van der Waals surface area contributed by atoms with Gasteiger partial charge < -0.3 is 14.9 Å². The predicted octanol–water partition coefficient (Wildman–Crippen LogP) is 2.91. The normalized spacial score (nSPS) is 13.9. The first-order valence-corrected chi connectivity index (χ1v) is 9.41. The van der Waals surface area contributed by atoms with Gasteiger partial charge in [0.2, 0.25) is 0 Å². The molecule has 2 aromatic carbocycles. The molecular weight excluding hydrogens is 328 g/mol. The fourth-order valence-electron chi connectivity index (χ4n) is 3.24. The van der Waals surface area contributed by atoms with Crippen molar-refractivity contribution in [1.82, 2.24) is 0 Å². The average molecular weight is 354 g/mol. The molecule has 2 aromatic rings. The number of benzene rings is 2. The Hall–Kier alpha value is -2.01. The van der Waals surface area contributed by atoms with Gasteiger partial charge in [0.05, 0.1) is 31.0 Å². The molecule has 0 saturated heterocycles. The van der Waals surface area contributed by atoms with Crippen molar-refractivity contribution in [3.8, 4) is 0 Å². The first-order chi connectivity index (χ1) is 12.2. The van der Waals surface area contributed by atoms with Crippen LogP contribution in [0.25, 0.3) is 0 Å². The fourth-order valence-corrected chi connectivity index (χ4v) is 4.34. The van der Waals surface area contributed by atoms with E-state index >= 15 is 0 Å². The van der Waals surface area contributed by atoms with Crippen LogP contribution in [0.4, 0.5) is 11.4 Å². The standard InChI is InChI=1S/C21H24N2OS/c1-3-13-22(14-4-2)15-17(24)16-23-18-9-5-7-11-20(18)25-21-12-8-6-10-19(21)23/h3-12,17,24H,1-2,13-16H2/p+1/t17-/m1/s1. The van der Waals surface area contributed by atoms with Crippen molar-refractivity contribution in [1.29, 1.82) is 0 Å². The number of nitrogens with one attached hydrogen (secondary N) is 1. The lowest BCUT2D eigenvalue weighted by molar-refractivity contribution is -0.891. The lowest BCUT2D eigenvalue weighted by atomic mass is 10.2. The topological polar surface area (TPSA) is 27.9 Å². The number of aliphatic hydroxyl groups excluding tert-OH is 1. The molecule has 1 heterocycles. The van der Waals surface area contributed by atoms with Gasteiger partial charge in [0.25, 0.3) is 0 Å². The minimum Gasteiger partial charge on any atom is -0.385 e. The predicted molar refractivity (Wildman–Crippen MR) is 106 cm³/mol. The Labute approximate surface area is 154 Å². The van der Waals surface area contributed by atoms with Crippen LogP contribution < -0.4 is 9.80 Å². The Balaban J connectivity index is 1.81. The van der Waals surface area contributed by atoms with Gasteiger partial charge in [0.15, 0.2) is 0 Å². The molecule has 0 fully saturated rings. The second kappa shape index (κ2) is 8.39. The van der Waals surface area contributed by atoms with E-state index in [0.717, 1.165) is 13.1 Å². The largest absolute Gasteiger partial charge is 0.385 e. The zero-order valence-electron chi connectivity index (χ0n) is 14.4. The quantitative estimate of drug-likeness (QED) is 0.715. The van der Waals surface area contributed by atoms with Crippen LogP contribution in [0.1, 0.15) is 0 Å². The van der Waals surface area contributed by atoms with E-state index in [-0.39, 0.29) is 0 Å². The summed E-state index contributed by atoms with van der Waals surface area (Å²) < 4.78 is 0. The van der Waals surface area contributed by atoms with Crippen LogP contribution >= 0.6 is 11.8 Å². The molecule has 0 unspecified atom stereocenters. The third-order valence-corrected chi connectivity index (χ3v) is 5.45. The van der Waals surface area contributed by atoms with E-state index in [2.05, 4.69) is 66.6 Å². The number of rotatable bonds is 8. The van der Waals surface area contributed by atoms with Crippen molar-refractivity contribution in [3.05, 3.63) is 73.8 Å². The first kappa shape index (κ1) is 17.8. The van der Waals surface area contributed by atoms with Crippen LogP contribution in [0.3, 0.4) is 0 Å².